The Bertz CT molecular complexity index is 294. The first kappa shape index (κ1) is 15.0. The second-order valence-corrected chi connectivity index (χ2v) is 9.04. The average molecular weight is 252 g/mol. The van der Waals surface area contributed by atoms with Crippen LogP contribution in [0.3, 0.4) is 0 Å². The van der Waals surface area contributed by atoms with E-state index in [1.54, 1.807) is 0 Å². The summed E-state index contributed by atoms with van der Waals surface area (Å²) in [6.07, 6.45) is -4.11. The Morgan fingerprint density at radius 1 is 1.31 bits per heavy atom. The number of carbonyl (C=O) groups excluding carboxylic acids is 1. The molecule has 0 aliphatic carbocycles. The monoisotopic (exact) mass is 252 g/mol. The van der Waals surface area contributed by atoms with Crippen LogP contribution in [0.25, 0.3) is 0 Å². The Morgan fingerprint density at radius 3 is 2.31 bits per heavy atom. The molecule has 0 aromatic carbocycles. The summed E-state index contributed by atoms with van der Waals surface area (Å²) in [6, 6.07) is 0. The van der Waals surface area contributed by atoms with Gasteiger partial charge in [-0.1, -0.05) is 19.6 Å². The van der Waals surface area contributed by atoms with Crippen LogP contribution < -0.4 is 0 Å². The van der Waals surface area contributed by atoms with Crippen LogP contribution in [0.5, 0.6) is 0 Å². The third-order valence-corrected chi connectivity index (χ3v) is 2.30. The molecular formula is C10H15F3O2Si. The fraction of sp³-hybridized carbons (Fsp3) is 0.700. The maximum absolute atomic E-state index is 11.7. The summed E-state index contributed by atoms with van der Waals surface area (Å²) in [5.41, 5.74) is 3.07. The fourth-order valence-electron chi connectivity index (χ4n) is 0.735. The topological polar surface area (TPSA) is 26.3 Å². The van der Waals surface area contributed by atoms with Gasteiger partial charge in [-0.2, -0.15) is 13.2 Å². The van der Waals surface area contributed by atoms with E-state index >= 15 is 0 Å². The van der Waals surface area contributed by atoms with Gasteiger partial charge in [-0.05, 0) is 6.42 Å². The van der Waals surface area contributed by atoms with Crippen LogP contribution in [0, 0.1) is 11.5 Å². The number of ether oxygens (including phenoxy) is 1. The molecule has 0 aliphatic heterocycles. The molecule has 2 nitrogen and oxygen atoms in total. The minimum absolute atomic E-state index is 0.237. The lowest BCUT2D eigenvalue weighted by atomic mass is 10.3. The minimum Gasteiger partial charge on any atom is -0.459 e. The number of carbonyl (C=O) groups is 1. The normalized spacial score (nSPS) is 11.6. The maximum atomic E-state index is 11.7. The lowest BCUT2D eigenvalue weighted by Gasteiger charge is -2.06. The lowest BCUT2D eigenvalue weighted by molar-refractivity contribution is -0.199. The summed E-state index contributed by atoms with van der Waals surface area (Å²) < 4.78 is 39.1. The van der Waals surface area contributed by atoms with Crippen molar-refractivity contribution < 1.29 is 22.7 Å². The van der Waals surface area contributed by atoms with Crippen molar-refractivity contribution in [1.29, 1.82) is 0 Å². The van der Waals surface area contributed by atoms with Gasteiger partial charge in [0.25, 0.3) is 0 Å². The second kappa shape index (κ2) is 5.94. The van der Waals surface area contributed by atoms with E-state index < -0.39 is 20.2 Å². The molecule has 0 fully saturated rings. The Morgan fingerprint density at radius 2 is 1.88 bits per heavy atom. The van der Waals surface area contributed by atoms with Crippen molar-refractivity contribution in [2.45, 2.75) is 38.7 Å². The van der Waals surface area contributed by atoms with Crippen LogP contribution in [-0.4, -0.2) is 26.8 Å². The lowest BCUT2D eigenvalue weighted by Crippen LogP contribution is -2.25. The molecule has 0 N–H and O–H groups in total. The van der Waals surface area contributed by atoms with Crippen LogP contribution in [0.4, 0.5) is 13.2 Å². The molecule has 6 heteroatoms. The summed E-state index contributed by atoms with van der Waals surface area (Å²) in [4.78, 5) is 10.3. The molecule has 0 saturated heterocycles. The zero-order valence-electron chi connectivity index (χ0n) is 9.57. The molecule has 0 heterocycles. The predicted molar refractivity (Wildman–Crippen MR) is 57.4 cm³/mol. The Labute approximate surface area is 94.2 Å². The van der Waals surface area contributed by atoms with Crippen molar-refractivity contribution in [1.82, 2.24) is 0 Å². The summed E-state index contributed by atoms with van der Waals surface area (Å²) in [5, 5.41) is 0. The first-order valence-corrected chi connectivity index (χ1v) is 8.37. The number of unbranched alkanes of at least 4 members (excludes halogenated alkanes) is 1. The highest BCUT2D eigenvalue weighted by molar-refractivity contribution is 6.83. The zero-order valence-corrected chi connectivity index (χ0v) is 10.6. The molecule has 0 bridgehead atoms. The van der Waals surface area contributed by atoms with Gasteiger partial charge in [-0.3, -0.25) is 0 Å². The number of hydrogen-bond acceptors (Lipinski definition) is 2. The van der Waals surface area contributed by atoms with Gasteiger partial charge >= 0.3 is 12.1 Å². The first-order chi connectivity index (χ1) is 7.13. The third-order valence-electron chi connectivity index (χ3n) is 1.37. The molecule has 16 heavy (non-hydrogen) atoms. The van der Waals surface area contributed by atoms with Gasteiger partial charge in [0.2, 0.25) is 0 Å². The van der Waals surface area contributed by atoms with Crippen LogP contribution >= 0.6 is 0 Å². The van der Waals surface area contributed by atoms with Crippen molar-refractivity contribution in [3.8, 4) is 11.5 Å². The van der Waals surface area contributed by atoms with Crippen LogP contribution in [0.15, 0.2) is 0 Å². The molecule has 0 unspecified atom stereocenters. The quantitative estimate of drug-likeness (QED) is 0.334. The van der Waals surface area contributed by atoms with Crippen molar-refractivity contribution in [3.63, 3.8) is 0 Å². The van der Waals surface area contributed by atoms with Crippen molar-refractivity contribution in [2.75, 3.05) is 6.61 Å². The number of hydrogen-bond donors (Lipinski definition) is 0. The van der Waals surface area contributed by atoms with Crippen LogP contribution in [0.1, 0.15) is 12.8 Å². The van der Waals surface area contributed by atoms with Gasteiger partial charge < -0.3 is 4.74 Å². The molecular weight excluding hydrogens is 237 g/mol. The van der Waals surface area contributed by atoms with E-state index in [2.05, 4.69) is 35.8 Å². The highest BCUT2D eigenvalue weighted by atomic mass is 28.3. The average Bonchev–Trinajstić information content (AvgIpc) is 2.07. The van der Waals surface area contributed by atoms with Crippen LogP contribution in [-0.2, 0) is 9.53 Å². The van der Waals surface area contributed by atoms with E-state index in [4.69, 9.17) is 0 Å². The first-order valence-electron chi connectivity index (χ1n) is 4.87. The van der Waals surface area contributed by atoms with E-state index in [1.807, 2.05) is 0 Å². The smallest absolute Gasteiger partial charge is 0.459 e. The minimum atomic E-state index is -4.90. The van der Waals surface area contributed by atoms with Crippen LogP contribution in [0.2, 0.25) is 19.6 Å². The second-order valence-electron chi connectivity index (χ2n) is 4.29. The molecule has 0 amide bonds. The van der Waals surface area contributed by atoms with Crippen molar-refractivity contribution in [3.05, 3.63) is 0 Å². The van der Waals surface area contributed by atoms with Gasteiger partial charge in [0.15, 0.2) is 0 Å². The number of alkyl halides is 3. The molecule has 0 aromatic heterocycles. The highest BCUT2D eigenvalue weighted by Gasteiger charge is 2.40. The van der Waals surface area contributed by atoms with E-state index in [-0.39, 0.29) is 6.61 Å². The van der Waals surface area contributed by atoms with E-state index in [0.29, 0.717) is 12.8 Å². The number of halogens is 3. The van der Waals surface area contributed by atoms with Gasteiger partial charge in [0, 0.05) is 6.42 Å². The van der Waals surface area contributed by atoms with E-state index in [0.717, 1.165) is 0 Å². The molecule has 0 spiro atoms. The molecule has 0 atom stereocenters. The zero-order chi connectivity index (χ0) is 12.8. The molecule has 0 rings (SSSR count). The number of esters is 1. The summed E-state index contributed by atoms with van der Waals surface area (Å²) in [5.74, 6) is 0.743. The molecule has 0 radical (unpaired) electrons. The van der Waals surface area contributed by atoms with Gasteiger partial charge in [0.1, 0.15) is 8.07 Å². The predicted octanol–water partition coefficient (Wildman–Crippen LogP) is 2.75. The fourth-order valence-corrected chi connectivity index (χ4v) is 1.39. The highest BCUT2D eigenvalue weighted by Crippen LogP contribution is 2.16. The standard InChI is InChI=1S/C10H15F3O2Si/c1-16(2,3)8-6-4-5-7-15-9(14)10(11,12)13/h4-5,7H2,1-3H3. The van der Waals surface area contributed by atoms with Gasteiger partial charge in [-0.15, -0.1) is 11.5 Å². The van der Waals surface area contributed by atoms with Crippen molar-refractivity contribution >= 4 is 14.0 Å². The molecule has 0 aromatic rings. The van der Waals surface area contributed by atoms with Crippen molar-refractivity contribution in [2.24, 2.45) is 0 Å². The molecule has 0 saturated carbocycles. The summed E-state index contributed by atoms with van der Waals surface area (Å²) >= 11 is 0. The number of rotatable bonds is 3. The third kappa shape index (κ3) is 8.35. The molecule has 92 valence electrons. The van der Waals surface area contributed by atoms with E-state index in [1.165, 1.54) is 0 Å². The Balaban J connectivity index is 3.70. The Hall–Kier alpha value is -0.963. The van der Waals surface area contributed by atoms with Gasteiger partial charge in [0.05, 0.1) is 6.61 Å². The maximum Gasteiger partial charge on any atom is 0.490 e. The Kier molecular flexibility index (Phi) is 5.58. The van der Waals surface area contributed by atoms with E-state index in [9.17, 15) is 18.0 Å². The SMILES string of the molecule is C[Si](C)(C)C#CCCCOC(=O)C(F)(F)F. The largest absolute Gasteiger partial charge is 0.490 e. The summed E-state index contributed by atoms with van der Waals surface area (Å²) in [7, 11) is -1.42. The van der Waals surface area contributed by atoms with Gasteiger partial charge in [-0.25, -0.2) is 4.79 Å². The molecule has 0 aliphatic rings. The summed E-state index contributed by atoms with van der Waals surface area (Å²) in [6.45, 7) is 5.98.